The topological polar surface area (TPSA) is 38.9 Å². The van der Waals surface area contributed by atoms with Crippen LogP contribution in [0.25, 0.3) is 10.8 Å². The van der Waals surface area contributed by atoms with Crippen molar-refractivity contribution in [1.82, 2.24) is 4.98 Å². The minimum Gasteiger partial charge on any atom is -0.321 e. The first-order valence-electron chi connectivity index (χ1n) is 8.22. The molecule has 2 heteroatoms. The van der Waals surface area contributed by atoms with E-state index in [1.807, 2.05) is 12.4 Å². The summed E-state index contributed by atoms with van der Waals surface area (Å²) in [6.07, 6.45) is 9.81. The van der Waals surface area contributed by atoms with Gasteiger partial charge >= 0.3 is 0 Å². The summed E-state index contributed by atoms with van der Waals surface area (Å²) >= 11 is 0. The van der Waals surface area contributed by atoms with Gasteiger partial charge in [-0.2, -0.15) is 0 Å². The molecule has 2 N–H and O–H groups in total. The normalized spacial score (nSPS) is 27.0. The van der Waals surface area contributed by atoms with Crippen molar-refractivity contribution in [3.05, 3.63) is 42.2 Å². The van der Waals surface area contributed by atoms with Crippen molar-refractivity contribution in [1.29, 1.82) is 0 Å². The number of rotatable bonds is 2. The predicted molar refractivity (Wildman–Crippen MR) is 89.0 cm³/mol. The second-order valence-electron chi connectivity index (χ2n) is 6.99. The maximum absolute atomic E-state index is 6.89. The standard InChI is InChI=1S/C19H26N2/c1-14(2)15-6-4-10-19(20,11-8-15)18-7-3-5-16-13-21-12-9-17(16)18/h3,5,7,9,12-15H,4,6,8,10-11,20H2,1-2H3. The molecule has 1 aromatic heterocycles. The third-order valence-electron chi connectivity index (χ3n) is 5.32. The molecule has 3 rings (SSSR count). The molecule has 1 heterocycles. The summed E-state index contributed by atoms with van der Waals surface area (Å²) in [6.45, 7) is 4.69. The summed E-state index contributed by atoms with van der Waals surface area (Å²) in [5, 5.41) is 2.47. The first-order valence-corrected chi connectivity index (χ1v) is 8.22. The Labute approximate surface area is 127 Å². The maximum Gasteiger partial charge on any atom is 0.0415 e. The zero-order valence-corrected chi connectivity index (χ0v) is 13.2. The highest BCUT2D eigenvalue weighted by Crippen LogP contribution is 2.40. The highest BCUT2D eigenvalue weighted by Gasteiger charge is 2.32. The van der Waals surface area contributed by atoms with Crippen LogP contribution < -0.4 is 5.73 Å². The fourth-order valence-corrected chi connectivity index (χ4v) is 3.88. The third-order valence-corrected chi connectivity index (χ3v) is 5.32. The molecule has 0 spiro atoms. The first-order chi connectivity index (χ1) is 10.1. The highest BCUT2D eigenvalue weighted by atomic mass is 14.7. The van der Waals surface area contributed by atoms with Crippen molar-refractivity contribution in [3.8, 4) is 0 Å². The molecule has 0 aliphatic heterocycles. The Morgan fingerprint density at radius 2 is 2.05 bits per heavy atom. The van der Waals surface area contributed by atoms with E-state index in [-0.39, 0.29) is 5.54 Å². The Kier molecular flexibility index (Phi) is 3.99. The minimum atomic E-state index is -0.176. The fourth-order valence-electron chi connectivity index (χ4n) is 3.88. The van der Waals surface area contributed by atoms with Crippen molar-refractivity contribution < 1.29 is 0 Å². The fraction of sp³-hybridized carbons (Fsp3) is 0.526. The molecule has 21 heavy (non-hydrogen) atoms. The average molecular weight is 282 g/mol. The van der Waals surface area contributed by atoms with E-state index in [0.29, 0.717) is 0 Å². The van der Waals surface area contributed by atoms with Gasteiger partial charge in [0.05, 0.1) is 0 Å². The summed E-state index contributed by atoms with van der Waals surface area (Å²) in [6, 6.07) is 8.59. The van der Waals surface area contributed by atoms with Gasteiger partial charge in [-0.15, -0.1) is 0 Å². The van der Waals surface area contributed by atoms with E-state index >= 15 is 0 Å². The van der Waals surface area contributed by atoms with Gasteiger partial charge < -0.3 is 5.73 Å². The van der Waals surface area contributed by atoms with Crippen molar-refractivity contribution in [2.45, 2.75) is 51.5 Å². The van der Waals surface area contributed by atoms with Crippen LogP contribution in [0.2, 0.25) is 0 Å². The molecule has 1 aromatic carbocycles. The lowest BCUT2D eigenvalue weighted by molar-refractivity contribution is 0.326. The monoisotopic (exact) mass is 282 g/mol. The van der Waals surface area contributed by atoms with Crippen LogP contribution >= 0.6 is 0 Å². The van der Waals surface area contributed by atoms with Crippen LogP contribution in [0.3, 0.4) is 0 Å². The summed E-state index contributed by atoms with van der Waals surface area (Å²) in [5.74, 6) is 1.59. The van der Waals surface area contributed by atoms with E-state index in [1.165, 1.54) is 35.6 Å². The molecular formula is C19H26N2. The van der Waals surface area contributed by atoms with Crippen LogP contribution in [0.15, 0.2) is 36.7 Å². The maximum atomic E-state index is 6.89. The van der Waals surface area contributed by atoms with Gasteiger partial charge in [-0.05, 0) is 48.1 Å². The van der Waals surface area contributed by atoms with Gasteiger partial charge in [-0.25, -0.2) is 0 Å². The number of hydrogen-bond acceptors (Lipinski definition) is 2. The van der Waals surface area contributed by atoms with E-state index in [0.717, 1.165) is 24.7 Å². The van der Waals surface area contributed by atoms with Crippen molar-refractivity contribution in [2.24, 2.45) is 17.6 Å². The second kappa shape index (κ2) is 5.76. The van der Waals surface area contributed by atoms with Crippen LogP contribution in [0.1, 0.15) is 51.5 Å². The Morgan fingerprint density at radius 1 is 1.19 bits per heavy atom. The van der Waals surface area contributed by atoms with E-state index in [2.05, 4.69) is 43.1 Å². The summed E-state index contributed by atoms with van der Waals surface area (Å²) in [4.78, 5) is 4.23. The second-order valence-corrected chi connectivity index (χ2v) is 6.99. The lowest BCUT2D eigenvalue weighted by atomic mass is 9.81. The van der Waals surface area contributed by atoms with Crippen LogP contribution in [0, 0.1) is 11.8 Å². The lowest BCUT2D eigenvalue weighted by Crippen LogP contribution is -2.36. The van der Waals surface area contributed by atoms with E-state index in [9.17, 15) is 0 Å². The summed E-state index contributed by atoms with van der Waals surface area (Å²) in [5.41, 5.74) is 8.02. The molecule has 0 radical (unpaired) electrons. The van der Waals surface area contributed by atoms with Crippen molar-refractivity contribution in [2.75, 3.05) is 0 Å². The van der Waals surface area contributed by atoms with Crippen molar-refractivity contribution in [3.63, 3.8) is 0 Å². The average Bonchev–Trinajstić information content (AvgIpc) is 2.69. The number of fused-ring (bicyclic) bond motifs is 1. The largest absolute Gasteiger partial charge is 0.321 e. The molecule has 0 amide bonds. The predicted octanol–water partition coefficient (Wildman–Crippen LogP) is 4.63. The smallest absolute Gasteiger partial charge is 0.0415 e. The quantitative estimate of drug-likeness (QED) is 0.816. The molecular weight excluding hydrogens is 256 g/mol. The van der Waals surface area contributed by atoms with Gasteiger partial charge in [0.2, 0.25) is 0 Å². The SMILES string of the molecule is CC(C)C1CCCC(N)(c2cccc3cnccc23)CC1. The number of aromatic nitrogens is 1. The van der Waals surface area contributed by atoms with Gasteiger partial charge in [-0.1, -0.05) is 44.9 Å². The van der Waals surface area contributed by atoms with Gasteiger partial charge in [0.15, 0.2) is 0 Å². The number of benzene rings is 1. The Morgan fingerprint density at radius 3 is 2.86 bits per heavy atom. The molecule has 1 aliphatic carbocycles. The number of nitrogens with zero attached hydrogens (tertiary/aromatic N) is 1. The molecule has 0 saturated heterocycles. The number of hydrogen-bond donors (Lipinski definition) is 1. The van der Waals surface area contributed by atoms with Gasteiger partial charge in [0.25, 0.3) is 0 Å². The highest BCUT2D eigenvalue weighted by molar-refractivity contribution is 5.85. The molecule has 1 fully saturated rings. The molecule has 2 unspecified atom stereocenters. The molecule has 1 saturated carbocycles. The molecule has 1 aliphatic rings. The third kappa shape index (κ3) is 2.82. The van der Waals surface area contributed by atoms with E-state index in [4.69, 9.17) is 5.73 Å². The zero-order valence-electron chi connectivity index (χ0n) is 13.2. The Hall–Kier alpha value is -1.41. The van der Waals surface area contributed by atoms with Crippen molar-refractivity contribution >= 4 is 10.8 Å². The molecule has 112 valence electrons. The van der Waals surface area contributed by atoms with Crippen LogP contribution in [-0.4, -0.2) is 4.98 Å². The van der Waals surface area contributed by atoms with Gasteiger partial charge in [0, 0.05) is 23.3 Å². The summed E-state index contributed by atoms with van der Waals surface area (Å²) < 4.78 is 0. The van der Waals surface area contributed by atoms with Crippen LogP contribution in [0.4, 0.5) is 0 Å². The molecule has 2 nitrogen and oxygen atoms in total. The first kappa shape index (κ1) is 14.5. The molecule has 2 aromatic rings. The number of pyridine rings is 1. The zero-order chi connectivity index (χ0) is 14.9. The Bertz CT molecular complexity index is 614. The Balaban J connectivity index is 1.97. The van der Waals surface area contributed by atoms with Crippen LogP contribution in [-0.2, 0) is 5.54 Å². The molecule has 2 atom stereocenters. The van der Waals surface area contributed by atoms with E-state index in [1.54, 1.807) is 0 Å². The van der Waals surface area contributed by atoms with E-state index < -0.39 is 0 Å². The lowest BCUT2D eigenvalue weighted by Gasteiger charge is -2.30. The van der Waals surface area contributed by atoms with Gasteiger partial charge in [0.1, 0.15) is 0 Å². The minimum absolute atomic E-state index is 0.176. The molecule has 0 bridgehead atoms. The van der Waals surface area contributed by atoms with Crippen LogP contribution in [0.5, 0.6) is 0 Å². The van der Waals surface area contributed by atoms with Gasteiger partial charge in [-0.3, -0.25) is 4.98 Å². The number of nitrogens with two attached hydrogens (primary N) is 1. The summed E-state index contributed by atoms with van der Waals surface area (Å²) in [7, 11) is 0.